The molecule has 0 saturated heterocycles. The monoisotopic (exact) mass is 253 g/mol. The molecule has 0 spiro atoms. The first kappa shape index (κ1) is 11.5. The maximum atomic E-state index is 11.3. The van der Waals surface area contributed by atoms with Crippen LogP contribution in [-0.2, 0) is 11.2 Å². The molecule has 1 aliphatic heterocycles. The fourth-order valence-electron chi connectivity index (χ4n) is 2.14. The number of carbonyl (C=O) groups excluding carboxylic acids is 2. The molecule has 0 fully saturated rings. The van der Waals surface area contributed by atoms with Crippen LogP contribution in [0.5, 0.6) is 0 Å². The van der Waals surface area contributed by atoms with Crippen molar-refractivity contribution in [2.45, 2.75) is 12.8 Å². The molecular formula is C14H11N3O2. The largest absolute Gasteiger partial charge is 0.326 e. The van der Waals surface area contributed by atoms with Crippen molar-refractivity contribution < 1.29 is 9.59 Å². The van der Waals surface area contributed by atoms with E-state index < -0.39 is 0 Å². The smallest absolute Gasteiger partial charge is 0.224 e. The van der Waals surface area contributed by atoms with Crippen LogP contribution in [0.25, 0.3) is 11.3 Å². The molecule has 1 aromatic carbocycles. The lowest BCUT2D eigenvalue weighted by atomic mass is 9.99. The normalized spacial score (nSPS) is 13.6. The predicted octanol–water partition coefficient (Wildman–Crippen LogP) is 1.84. The van der Waals surface area contributed by atoms with Gasteiger partial charge < -0.3 is 5.32 Å². The number of nitrogens with one attached hydrogen (secondary N) is 1. The van der Waals surface area contributed by atoms with E-state index in [1.54, 1.807) is 6.07 Å². The highest BCUT2D eigenvalue weighted by Gasteiger charge is 2.15. The van der Waals surface area contributed by atoms with Crippen LogP contribution in [0.4, 0.5) is 5.69 Å². The average molecular weight is 253 g/mol. The summed E-state index contributed by atoms with van der Waals surface area (Å²) >= 11 is 0. The van der Waals surface area contributed by atoms with E-state index in [0.29, 0.717) is 24.1 Å². The van der Waals surface area contributed by atoms with Crippen molar-refractivity contribution >= 4 is 17.9 Å². The van der Waals surface area contributed by atoms with Gasteiger partial charge in [0.05, 0.1) is 5.69 Å². The maximum Gasteiger partial charge on any atom is 0.224 e. The molecular weight excluding hydrogens is 242 g/mol. The summed E-state index contributed by atoms with van der Waals surface area (Å²) in [7, 11) is 0. The Balaban J connectivity index is 2.02. The Morgan fingerprint density at radius 2 is 2.05 bits per heavy atom. The lowest BCUT2D eigenvalue weighted by molar-refractivity contribution is -0.116. The van der Waals surface area contributed by atoms with Crippen LogP contribution in [0.15, 0.2) is 30.6 Å². The first-order valence-electron chi connectivity index (χ1n) is 5.96. The molecule has 0 bridgehead atoms. The molecule has 1 amide bonds. The molecule has 5 heteroatoms. The topological polar surface area (TPSA) is 72.0 Å². The second-order valence-electron chi connectivity index (χ2n) is 4.37. The maximum absolute atomic E-state index is 11.3. The van der Waals surface area contributed by atoms with Crippen molar-refractivity contribution in [3.8, 4) is 11.3 Å². The van der Waals surface area contributed by atoms with E-state index in [1.807, 2.05) is 18.2 Å². The number of amides is 1. The van der Waals surface area contributed by atoms with Gasteiger partial charge in [0.15, 0.2) is 6.29 Å². The summed E-state index contributed by atoms with van der Waals surface area (Å²) in [6, 6.07) is 7.38. The zero-order valence-electron chi connectivity index (χ0n) is 10.1. The van der Waals surface area contributed by atoms with Crippen LogP contribution in [0.1, 0.15) is 22.5 Å². The molecule has 2 heterocycles. The van der Waals surface area contributed by atoms with E-state index in [2.05, 4.69) is 15.3 Å². The van der Waals surface area contributed by atoms with Crippen LogP contribution in [0, 0.1) is 0 Å². The zero-order valence-corrected chi connectivity index (χ0v) is 10.1. The number of benzene rings is 1. The molecule has 19 heavy (non-hydrogen) atoms. The second-order valence-corrected chi connectivity index (χ2v) is 4.37. The van der Waals surface area contributed by atoms with Gasteiger partial charge >= 0.3 is 0 Å². The number of hydrogen-bond acceptors (Lipinski definition) is 4. The number of aromatic nitrogens is 2. The Bertz CT molecular complexity index is 667. The van der Waals surface area contributed by atoms with E-state index >= 15 is 0 Å². The minimum absolute atomic E-state index is 0.0468. The highest BCUT2D eigenvalue weighted by molar-refractivity contribution is 5.94. The lowest BCUT2D eigenvalue weighted by Crippen LogP contribution is -2.18. The van der Waals surface area contributed by atoms with Crippen molar-refractivity contribution in [1.82, 2.24) is 9.97 Å². The summed E-state index contributed by atoms with van der Waals surface area (Å²) in [5.74, 6) is 0.0468. The van der Waals surface area contributed by atoms with Crippen LogP contribution in [-0.4, -0.2) is 22.2 Å². The van der Waals surface area contributed by atoms with Gasteiger partial charge in [-0.2, -0.15) is 0 Å². The third-order valence-corrected chi connectivity index (χ3v) is 3.11. The predicted molar refractivity (Wildman–Crippen MR) is 69.8 cm³/mol. The fourth-order valence-corrected chi connectivity index (χ4v) is 2.14. The number of aryl methyl sites for hydroxylation is 1. The van der Waals surface area contributed by atoms with Gasteiger partial charge in [-0.3, -0.25) is 9.59 Å². The van der Waals surface area contributed by atoms with Crippen LogP contribution in [0.3, 0.4) is 0 Å². The van der Waals surface area contributed by atoms with E-state index in [9.17, 15) is 9.59 Å². The molecule has 0 saturated carbocycles. The van der Waals surface area contributed by atoms with E-state index in [4.69, 9.17) is 0 Å². The molecule has 94 valence electrons. The van der Waals surface area contributed by atoms with Crippen molar-refractivity contribution in [1.29, 1.82) is 0 Å². The van der Waals surface area contributed by atoms with Crippen molar-refractivity contribution in [2.24, 2.45) is 0 Å². The van der Waals surface area contributed by atoms with Crippen molar-refractivity contribution in [3.05, 3.63) is 41.9 Å². The minimum atomic E-state index is 0.0468. The number of anilines is 1. The summed E-state index contributed by atoms with van der Waals surface area (Å²) in [5.41, 5.74) is 3.92. The molecule has 5 nitrogen and oxygen atoms in total. The van der Waals surface area contributed by atoms with Crippen LogP contribution in [0.2, 0.25) is 0 Å². The highest BCUT2D eigenvalue weighted by Crippen LogP contribution is 2.27. The summed E-state index contributed by atoms with van der Waals surface area (Å²) in [6.45, 7) is 0. The SMILES string of the molecule is O=Cc1cc(-c2ccc3c(c2)CCC(=O)N3)ncn1. The Hall–Kier alpha value is -2.56. The summed E-state index contributed by atoms with van der Waals surface area (Å²) in [4.78, 5) is 30.0. The number of aldehydes is 1. The molecule has 3 rings (SSSR count). The molecule has 2 aromatic rings. The van der Waals surface area contributed by atoms with Gasteiger partial charge in [-0.25, -0.2) is 9.97 Å². The molecule has 0 unspecified atom stereocenters. The summed E-state index contributed by atoms with van der Waals surface area (Å²) < 4.78 is 0. The second kappa shape index (κ2) is 4.61. The molecule has 0 aliphatic carbocycles. The van der Waals surface area contributed by atoms with Crippen molar-refractivity contribution in [3.63, 3.8) is 0 Å². The van der Waals surface area contributed by atoms with Gasteiger partial charge in [0.2, 0.25) is 5.91 Å². The van der Waals surface area contributed by atoms with E-state index in [-0.39, 0.29) is 5.91 Å². The highest BCUT2D eigenvalue weighted by atomic mass is 16.1. The number of nitrogens with zero attached hydrogens (tertiary/aromatic N) is 2. The Morgan fingerprint density at radius 3 is 2.89 bits per heavy atom. The first-order chi connectivity index (χ1) is 9.26. The van der Waals surface area contributed by atoms with Gasteiger partial charge in [0, 0.05) is 17.7 Å². The zero-order chi connectivity index (χ0) is 13.2. The molecule has 0 radical (unpaired) electrons. The molecule has 0 atom stereocenters. The summed E-state index contributed by atoms with van der Waals surface area (Å²) in [6.07, 6.45) is 3.30. The van der Waals surface area contributed by atoms with Gasteiger partial charge in [-0.05, 0) is 30.2 Å². The van der Waals surface area contributed by atoms with Gasteiger partial charge in [0.1, 0.15) is 12.0 Å². The third kappa shape index (κ3) is 2.22. The number of hydrogen-bond donors (Lipinski definition) is 1. The lowest BCUT2D eigenvalue weighted by Gasteiger charge is -2.17. The average Bonchev–Trinajstić information content (AvgIpc) is 2.46. The van der Waals surface area contributed by atoms with Crippen LogP contribution < -0.4 is 5.32 Å². The number of carbonyl (C=O) groups is 2. The Kier molecular flexibility index (Phi) is 2.79. The standard InChI is InChI=1S/C14H11N3O2/c18-7-11-6-13(16-8-15-11)10-1-3-12-9(5-10)2-4-14(19)17-12/h1,3,5-8H,2,4H2,(H,17,19). The van der Waals surface area contributed by atoms with Crippen LogP contribution >= 0.6 is 0 Å². The number of fused-ring (bicyclic) bond motifs is 1. The Morgan fingerprint density at radius 1 is 1.16 bits per heavy atom. The third-order valence-electron chi connectivity index (χ3n) is 3.11. The molecule has 1 aromatic heterocycles. The quantitative estimate of drug-likeness (QED) is 0.829. The Labute approximate surface area is 109 Å². The molecule has 1 N–H and O–H groups in total. The van der Waals surface area contributed by atoms with E-state index in [1.165, 1.54) is 6.33 Å². The van der Waals surface area contributed by atoms with Gasteiger partial charge in [-0.1, -0.05) is 6.07 Å². The molecule has 1 aliphatic rings. The minimum Gasteiger partial charge on any atom is -0.326 e. The number of rotatable bonds is 2. The van der Waals surface area contributed by atoms with E-state index in [0.717, 1.165) is 23.2 Å². The summed E-state index contributed by atoms with van der Waals surface area (Å²) in [5, 5.41) is 2.83. The fraction of sp³-hybridized carbons (Fsp3) is 0.143. The first-order valence-corrected chi connectivity index (χ1v) is 5.96. The van der Waals surface area contributed by atoms with Gasteiger partial charge in [-0.15, -0.1) is 0 Å². The van der Waals surface area contributed by atoms with Crippen molar-refractivity contribution in [2.75, 3.05) is 5.32 Å². The van der Waals surface area contributed by atoms with Gasteiger partial charge in [0.25, 0.3) is 0 Å².